The Morgan fingerprint density at radius 1 is 1.36 bits per heavy atom. The molecule has 2 N–H and O–H groups in total. The molecular formula is C12H18N2. The SMILES string of the molecule is CCCC1CNc2cc(C)ccc2N1. The van der Waals surface area contributed by atoms with Crippen LogP contribution >= 0.6 is 0 Å². The third-order valence-corrected chi connectivity index (χ3v) is 2.71. The topological polar surface area (TPSA) is 24.1 Å². The molecule has 0 spiro atoms. The fourth-order valence-electron chi connectivity index (χ4n) is 1.96. The van der Waals surface area contributed by atoms with E-state index in [1.807, 2.05) is 0 Å². The van der Waals surface area contributed by atoms with Crippen LogP contribution in [0.3, 0.4) is 0 Å². The van der Waals surface area contributed by atoms with Crippen molar-refractivity contribution in [3.05, 3.63) is 23.8 Å². The first-order chi connectivity index (χ1) is 6.79. The van der Waals surface area contributed by atoms with Crippen LogP contribution in [0.1, 0.15) is 25.3 Å². The Hall–Kier alpha value is -1.18. The Morgan fingerprint density at radius 3 is 3.00 bits per heavy atom. The first-order valence-electron chi connectivity index (χ1n) is 5.40. The van der Waals surface area contributed by atoms with Crippen molar-refractivity contribution in [1.82, 2.24) is 0 Å². The second-order valence-electron chi connectivity index (χ2n) is 4.06. The second kappa shape index (κ2) is 3.91. The van der Waals surface area contributed by atoms with Gasteiger partial charge in [0.05, 0.1) is 11.4 Å². The quantitative estimate of drug-likeness (QED) is 0.749. The lowest BCUT2D eigenvalue weighted by molar-refractivity contribution is 0.655. The molecule has 0 radical (unpaired) electrons. The highest BCUT2D eigenvalue weighted by molar-refractivity contribution is 5.72. The van der Waals surface area contributed by atoms with Crippen molar-refractivity contribution in [3.8, 4) is 0 Å². The van der Waals surface area contributed by atoms with Crippen LogP contribution in [0.15, 0.2) is 18.2 Å². The normalized spacial score (nSPS) is 19.4. The average molecular weight is 190 g/mol. The monoisotopic (exact) mass is 190 g/mol. The Labute approximate surface area is 85.7 Å². The maximum absolute atomic E-state index is 3.56. The molecule has 2 heteroatoms. The van der Waals surface area contributed by atoms with Gasteiger partial charge in [-0.15, -0.1) is 0 Å². The van der Waals surface area contributed by atoms with Crippen LogP contribution in [0, 0.1) is 6.92 Å². The molecule has 1 heterocycles. The van der Waals surface area contributed by atoms with Gasteiger partial charge in [0.15, 0.2) is 0 Å². The number of hydrogen-bond acceptors (Lipinski definition) is 2. The lowest BCUT2D eigenvalue weighted by atomic mass is 10.1. The Balaban J connectivity index is 2.15. The third kappa shape index (κ3) is 1.84. The molecule has 1 atom stereocenters. The summed E-state index contributed by atoms with van der Waals surface area (Å²) in [6.45, 7) is 5.40. The standard InChI is InChI=1S/C12H18N2/c1-3-4-10-8-13-12-7-9(2)5-6-11(12)14-10/h5-7,10,13-14H,3-4,8H2,1-2H3. The van der Waals surface area contributed by atoms with E-state index in [9.17, 15) is 0 Å². The molecule has 0 aliphatic carbocycles. The lowest BCUT2D eigenvalue weighted by Crippen LogP contribution is -2.32. The van der Waals surface area contributed by atoms with E-state index in [-0.39, 0.29) is 0 Å². The summed E-state index contributed by atoms with van der Waals surface area (Å²) in [4.78, 5) is 0. The van der Waals surface area contributed by atoms with Crippen LogP contribution in [-0.2, 0) is 0 Å². The van der Waals surface area contributed by atoms with E-state index in [4.69, 9.17) is 0 Å². The first-order valence-corrected chi connectivity index (χ1v) is 5.40. The number of rotatable bonds is 2. The summed E-state index contributed by atoms with van der Waals surface area (Å²) in [6, 6.07) is 7.11. The van der Waals surface area contributed by atoms with Gasteiger partial charge in [-0.2, -0.15) is 0 Å². The van der Waals surface area contributed by atoms with E-state index in [0.29, 0.717) is 6.04 Å². The molecule has 0 saturated carbocycles. The van der Waals surface area contributed by atoms with E-state index >= 15 is 0 Å². The largest absolute Gasteiger partial charge is 0.381 e. The minimum Gasteiger partial charge on any atom is -0.381 e. The van der Waals surface area contributed by atoms with E-state index in [0.717, 1.165) is 6.54 Å². The van der Waals surface area contributed by atoms with Crippen molar-refractivity contribution in [3.63, 3.8) is 0 Å². The fourth-order valence-corrected chi connectivity index (χ4v) is 1.96. The number of anilines is 2. The van der Waals surface area contributed by atoms with Crippen LogP contribution in [0.5, 0.6) is 0 Å². The molecule has 14 heavy (non-hydrogen) atoms. The number of nitrogens with one attached hydrogen (secondary N) is 2. The molecule has 0 amide bonds. The molecule has 76 valence electrons. The predicted octanol–water partition coefficient (Wildman–Crippen LogP) is 3.00. The Morgan fingerprint density at radius 2 is 2.21 bits per heavy atom. The summed E-state index contributed by atoms with van der Waals surface area (Å²) in [6.07, 6.45) is 2.47. The van der Waals surface area contributed by atoms with E-state index < -0.39 is 0 Å². The molecule has 1 aliphatic rings. The summed E-state index contributed by atoms with van der Waals surface area (Å²) >= 11 is 0. The van der Waals surface area contributed by atoms with Gasteiger partial charge in [0, 0.05) is 12.6 Å². The van der Waals surface area contributed by atoms with Crippen molar-refractivity contribution in [2.75, 3.05) is 17.2 Å². The van der Waals surface area contributed by atoms with E-state index in [2.05, 4.69) is 42.7 Å². The van der Waals surface area contributed by atoms with Gasteiger partial charge < -0.3 is 10.6 Å². The van der Waals surface area contributed by atoms with Gasteiger partial charge in [0.25, 0.3) is 0 Å². The number of fused-ring (bicyclic) bond motifs is 1. The van der Waals surface area contributed by atoms with E-state index in [1.165, 1.54) is 29.8 Å². The number of benzene rings is 1. The van der Waals surface area contributed by atoms with Gasteiger partial charge >= 0.3 is 0 Å². The third-order valence-electron chi connectivity index (χ3n) is 2.71. The van der Waals surface area contributed by atoms with Crippen molar-refractivity contribution in [1.29, 1.82) is 0 Å². The Bertz CT molecular complexity index is 320. The number of hydrogen-bond donors (Lipinski definition) is 2. The zero-order valence-corrected chi connectivity index (χ0v) is 8.93. The van der Waals surface area contributed by atoms with Crippen LogP contribution in [0.25, 0.3) is 0 Å². The predicted molar refractivity (Wildman–Crippen MR) is 62.0 cm³/mol. The van der Waals surface area contributed by atoms with Crippen molar-refractivity contribution in [2.45, 2.75) is 32.7 Å². The summed E-state index contributed by atoms with van der Waals surface area (Å²) in [5.41, 5.74) is 3.81. The van der Waals surface area contributed by atoms with Crippen molar-refractivity contribution < 1.29 is 0 Å². The smallest absolute Gasteiger partial charge is 0.0579 e. The molecule has 0 aromatic heterocycles. The molecule has 0 fully saturated rings. The van der Waals surface area contributed by atoms with Crippen LogP contribution in [-0.4, -0.2) is 12.6 Å². The van der Waals surface area contributed by atoms with Gasteiger partial charge in [-0.25, -0.2) is 0 Å². The molecule has 1 aromatic rings. The van der Waals surface area contributed by atoms with Gasteiger partial charge in [-0.3, -0.25) is 0 Å². The molecule has 0 bridgehead atoms. The summed E-state index contributed by atoms with van der Waals surface area (Å²) < 4.78 is 0. The highest BCUT2D eigenvalue weighted by Gasteiger charge is 2.15. The number of aryl methyl sites for hydroxylation is 1. The van der Waals surface area contributed by atoms with Crippen molar-refractivity contribution in [2.24, 2.45) is 0 Å². The second-order valence-corrected chi connectivity index (χ2v) is 4.06. The maximum atomic E-state index is 3.56. The zero-order chi connectivity index (χ0) is 9.97. The molecule has 2 rings (SSSR count). The average Bonchev–Trinajstić information content (AvgIpc) is 2.19. The minimum atomic E-state index is 0.593. The molecule has 2 nitrogen and oxygen atoms in total. The minimum absolute atomic E-state index is 0.593. The lowest BCUT2D eigenvalue weighted by Gasteiger charge is -2.28. The maximum Gasteiger partial charge on any atom is 0.0579 e. The van der Waals surface area contributed by atoms with Gasteiger partial charge in [0.2, 0.25) is 0 Å². The molecule has 0 saturated heterocycles. The highest BCUT2D eigenvalue weighted by Crippen LogP contribution is 2.27. The van der Waals surface area contributed by atoms with Gasteiger partial charge in [-0.05, 0) is 31.0 Å². The van der Waals surface area contributed by atoms with Crippen LogP contribution in [0.2, 0.25) is 0 Å². The molecule has 1 aliphatic heterocycles. The Kier molecular flexibility index (Phi) is 2.62. The summed E-state index contributed by atoms with van der Waals surface area (Å²) in [5.74, 6) is 0. The van der Waals surface area contributed by atoms with E-state index in [1.54, 1.807) is 0 Å². The van der Waals surface area contributed by atoms with Crippen molar-refractivity contribution >= 4 is 11.4 Å². The molecule has 1 unspecified atom stereocenters. The fraction of sp³-hybridized carbons (Fsp3) is 0.500. The first kappa shape index (κ1) is 9.38. The summed E-state index contributed by atoms with van der Waals surface area (Å²) in [7, 11) is 0. The molecule has 1 aromatic carbocycles. The zero-order valence-electron chi connectivity index (χ0n) is 8.93. The van der Waals surface area contributed by atoms with Crippen LogP contribution in [0.4, 0.5) is 11.4 Å². The van der Waals surface area contributed by atoms with Gasteiger partial charge in [-0.1, -0.05) is 19.4 Å². The van der Waals surface area contributed by atoms with Gasteiger partial charge in [0.1, 0.15) is 0 Å². The van der Waals surface area contributed by atoms with Crippen LogP contribution < -0.4 is 10.6 Å². The highest BCUT2D eigenvalue weighted by atomic mass is 15.1. The molecular weight excluding hydrogens is 172 g/mol. The summed E-state index contributed by atoms with van der Waals surface area (Å²) in [5, 5.41) is 7.04.